The maximum absolute atomic E-state index is 10.1. The Morgan fingerprint density at radius 3 is 2.62 bits per heavy atom. The lowest BCUT2D eigenvalue weighted by Gasteiger charge is -2.06. The Labute approximate surface area is 80.2 Å². The number of carboxylic acids is 1. The van der Waals surface area contributed by atoms with Crippen LogP contribution in [0.3, 0.4) is 0 Å². The van der Waals surface area contributed by atoms with Crippen LogP contribution in [-0.4, -0.2) is 17.3 Å². The van der Waals surface area contributed by atoms with Crippen LogP contribution in [0.25, 0.3) is 0 Å². The van der Waals surface area contributed by atoms with Gasteiger partial charge in [0.15, 0.2) is 0 Å². The van der Waals surface area contributed by atoms with Gasteiger partial charge in [0.2, 0.25) is 0 Å². The summed E-state index contributed by atoms with van der Waals surface area (Å²) < 4.78 is 0.966. The van der Waals surface area contributed by atoms with Crippen molar-refractivity contribution in [3.05, 3.63) is 30.3 Å². The highest BCUT2D eigenvalue weighted by molar-refractivity contribution is 6.28. The van der Waals surface area contributed by atoms with E-state index in [0.717, 1.165) is 10.7 Å². The molecule has 1 aromatic rings. The second kappa shape index (κ2) is 4.47. The number of hydrogen-bond donors (Lipinski definition) is 1. The summed E-state index contributed by atoms with van der Waals surface area (Å²) in [5, 5.41) is 11.7. The van der Waals surface area contributed by atoms with Gasteiger partial charge in [0.05, 0.1) is 5.69 Å². The molecule has 5 heteroatoms. The summed E-state index contributed by atoms with van der Waals surface area (Å²) in [7, 11) is 0. The van der Waals surface area contributed by atoms with E-state index in [2.05, 4.69) is 5.10 Å². The lowest BCUT2D eigenvalue weighted by Crippen LogP contribution is -2.04. The van der Waals surface area contributed by atoms with Crippen molar-refractivity contribution in [2.45, 2.75) is 0 Å². The van der Waals surface area contributed by atoms with Crippen LogP contribution in [0.15, 0.2) is 35.4 Å². The molecular weight excluding hydrogens is 192 g/mol. The minimum atomic E-state index is -1.14. The Balaban J connectivity index is 2.69. The summed E-state index contributed by atoms with van der Waals surface area (Å²) >= 11 is 5.62. The predicted molar refractivity (Wildman–Crippen MR) is 50.9 cm³/mol. The fourth-order valence-corrected chi connectivity index (χ4v) is 0.874. The molecule has 68 valence electrons. The lowest BCUT2D eigenvalue weighted by molar-refractivity contribution is -0.128. The van der Waals surface area contributed by atoms with Crippen molar-refractivity contribution in [3.8, 4) is 0 Å². The zero-order valence-electron chi connectivity index (χ0n) is 6.59. The standard InChI is InChI=1S/C8H7ClN2O2/c9-11(10-6-8(12)13)7-4-2-1-3-5-7/h1-6H,(H,12,13)/b10-6-. The van der Waals surface area contributed by atoms with Gasteiger partial charge in [-0.2, -0.15) is 9.63 Å². The molecule has 4 nitrogen and oxygen atoms in total. The average Bonchev–Trinajstić information content (AvgIpc) is 2.15. The number of nitrogens with zero attached hydrogens (tertiary/aromatic N) is 2. The maximum atomic E-state index is 10.1. The van der Waals surface area contributed by atoms with E-state index in [0.29, 0.717) is 5.69 Å². The van der Waals surface area contributed by atoms with Gasteiger partial charge in [-0.3, -0.25) is 0 Å². The molecule has 0 amide bonds. The normalized spacial score (nSPS) is 10.2. The number of aliphatic carboxylic acids is 1. The molecule has 1 N–H and O–H groups in total. The summed E-state index contributed by atoms with van der Waals surface area (Å²) in [5.74, 6) is -1.14. The molecule has 0 radical (unpaired) electrons. The summed E-state index contributed by atoms with van der Waals surface area (Å²) in [6.07, 6.45) is 0.722. The molecule has 0 unspecified atom stereocenters. The number of carbonyl (C=O) groups is 1. The fourth-order valence-electron chi connectivity index (χ4n) is 0.718. The van der Waals surface area contributed by atoms with Crippen molar-refractivity contribution >= 4 is 29.6 Å². The zero-order chi connectivity index (χ0) is 9.68. The molecule has 0 bridgehead atoms. The Morgan fingerprint density at radius 1 is 1.46 bits per heavy atom. The van der Waals surface area contributed by atoms with Gasteiger partial charge in [-0.25, -0.2) is 4.79 Å². The molecule has 0 heterocycles. The average molecular weight is 199 g/mol. The van der Waals surface area contributed by atoms with Crippen LogP contribution in [-0.2, 0) is 4.79 Å². The first-order valence-electron chi connectivity index (χ1n) is 3.48. The van der Waals surface area contributed by atoms with Crippen LogP contribution in [0, 0.1) is 0 Å². The molecule has 0 saturated heterocycles. The minimum absolute atomic E-state index is 0.613. The molecule has 0 atom stereocenters. The first-order chi connectivity index (χ1) is 6.20. The highest BCUT2D eigenvalue weighted by Gasteiger charge is 1.98. The van der Waals surface area contributed by atoms with E-state index in [-0.39, 0.29) is 0 Å². The number of benzene rings is 1. The highest BCUT2D eigenvalue weighted by atomic mass is 35.5. The van der Waals surface area contributed by atoms with Gasteiger partial charge < -0.3 is 5.11 Å². The van der Waals surface area contributed by atoms with E-state index in [1.54, 1.807) is 24.3 Å². The molecular formula is C8H7ClN2O2. The number of anilines is 1. The van der Waals surface area contributed by atoms with Gasteiger partial charge in [-0.05, 0) is 12.1 Å². The van der Waals surface area contributed by atoms with Gasteiger partial charge in [0.1, 0.15) is 6.21 Å². The van der Waals surface area contributed by atoms with Gasteiger partial charge in [-0.1, -0.05) is 18.2 Å². The van der Waals surface area contributed by atoms with Gasteiger partial charge in [0, 0.05) is 11.8 Å². The predicted octanol–water partition coefficient (Wildman–Crippen LogP) is 1.72. The van der Waals surface area contributed by atoms with Crippen molar-refractivity contribution < 1.29 is 9.90 Å². The number of halogens is 1. The number of carboxylic acid groups (broad SMARTS) is 1. The van der Waals surface area contributed by atoms with Crippen molar-refractivity contribution in [2.24, 2.45) is 5.10 Å². The maximum Gasteiger partial charge on any atom is 0.348 e. The lowest BCUT2D eigenvalue weighted by atomic mass is 10.3. The second-order valence-electron chi connectivity index (χ2n) is 2.18. The van der Waals surface area contributed by atoms with Gasteiger partial charge >= 0.3 is 5.97 Å². The molecule has 1 rings (SSSR count). The van der Waals surface area contributed by atoms with E-state index in [1.165, 1.54) is 0 Å². The summed E-state index contributed by atoms with van der Waals surface area (Å²) in [4.78, 5) is 10.1. The van der Waals surface area contributed by atoms with E-state index >= 15 is 0 Å². The number of rotatable bonds is 3. The minimum Gasteiger partial charge on any atom is -0.477 e. The Kier molecular flexibility index (Phi) is 3.28. The molecule has 0 aromatic heterocycles. The Morgan fingerprint density at radius 2 is 2.08 bits per heavy atom. The largest absolute Gasteiger partial charge is 0.477 e. The van der Waals surface area contributed by atoms with Gasteiger partial charge in [0.25, 0.3) is 0 Å². The van der Waals surface area contributed by atoms with Crippen LogP contribution in [0.1, 0.15) is 0 Å². The summed E-state index contributed by atoms with van der Waals surface area (Å²) in [6, 6.07) is 8.82. The zero-order valence-corrected chi connectivity index (χ0v) is 7.35. The van der Waals surface area contributed by atoms with E-state index in [9.17, 15) is 4.79 Å². The number of para-hydroxylation sites is 1. The van der Waals surface area contributed by atoms with Crippen LogP contribution in [0.2, 0.25) is 0 Å². The third-order valence-electron chi connectivity index (χ3n) is 1.24. The summed E-state index contributed by atoms with van der Waals surface area (Å²) in [5.41, 5.74) is 0.613. The number of hydrogen-bond acceptors (Lipinski definition) is 3. The van der Waals surface area contributed by atoms with E-state index < -0.39 is 5.97 Å². The van der Waals surface area contributed by atoms with E-state index in [4.69, 9.17) is 16.9 Å². The quantitative estimate of drug-likeness (QED) is 0.457. The third-order valence-corrected chi connectivity index (χ3v) is 1.52. The highest BCUT2D eigenvalue weighted by Crippen LogP contribution is 2.14. The molecule has 0 saturated carbocycles. The van der Waals surface area contributed by atoms with Crippen LogP contribution < -0.4 is 4.53 Å². The Hall–Kier alpha value is -1.55. The molecule has 13 heavy (non-hydrogen) atoms. The van der Waals surface area contributed by atoms with Crippen LogP contribution >= 0.6 is 11.8 Å². The SMILES string of the molecule is O=C(O)/C=N\N(Cl)c1ccccc1. The Bertz CT molecular complexity index is 313. The topological polar surface area (TPSA) is 52.9 Å². The first-order valence-corrected chi connectivity index (χ1v) is 3.82. The van der Waals surface area contributed by atoms with Crippen LogP contribution in [0.5, 0.6) is 0 Å². The first kappa shape index (κ1) is 9.54. The molecule has 0 aliphatic rings. The molecule has 0 aliphatic heterocycles. The number of hydrazone groups is 1. The monoisotopic (exact) mass is 198 g/mol. The van der Waals surface area contributed by atoms with E-state index in [1.807, 2.05) is 6.07 Å². The van der Waals surface area contributed by atoms with Gasteiger partial charge in [-0.15, -0.1) is 0 Å². The molecule has 1 aromatic carbocycles. The summed E-state index contributed by atoms with van der Waals surface area (Å²) in [6.45, 7) is 0. The molecule has 0 aliphatic carbocycles. The second-order valence-corrected chi connectivity index (χ2v) is 2.50. The smallest absolute Gasteiger partial charge is 0.348 e. The molecule has 0 spiro atoms. The van der Waals surface area contributed by atoms with Crippen LogP contribution in [0.4, 0.5) is 5.69 Å². The van der Waals surface area contributed by atoms with Crippen molar-refractivity contribution in [2.75, 3.05) is 4.53 Å². The molecule has 0 fully saturated rings. The fraction of sp³-hybridized carbons (Fsp3) is 0. The van der Waals surface area contributed by atoms with Crippen molar-refractivity contribution in [1.82, 2.24) is 0 Å². The van der Waals surface area contributed by atoms with Crippen molar-refractivity contribution in [1.29, 1.82) is 0 Å². The third kappa shape index (κ3) is 3.13. The van der Waals surface area contributed by atoms with Crippen molar-refractivity contribution in [3.63, 3.8) is 0 Å².